The van der Waals surface area contributed by atoms with Gasteiger partial charge in [-0.25, -0.2) is 0 Å². The molecule has 0 atom stereocenters. The molecule has 0 amide bonds. The predicted molar refractivity (Wildman–Crippen MR) is 79.9 cm³/mol. The van der Waals surface area contributed by atoms with Crippen molar-refractivity contribution in [1.82, 2.24) is 19.3 Å². The number of hydrogen-bond donors (Lipinski definition) is 1. The van der Waals surface area contributed by atoms with Gasteiger partial charge in [-0.05, 0) is 40.3 Å². The zero-order chi connectivity index (χ0) is 13.3. The molecule has 0 aromatic rings. The molecule has 5 heteroatoms. The van der Waals surface area contributed by atoms with Crippen LogP contribution in [0, 0.1) is 0 Å². The molecule has 0 heterocycles. The van der Waals surface area contributed by atoms with Crippen LogP contribution >= 0.6 is 0 Å². The Labute approximate surface area is 110 Å². The fourth-order valence-corrected chi connectivity index (χ4v) is 3.03. The van der Waals surface area contributed by atoms with Gasteiger partial charge in [-0.3, -0.25) is 9.80 Å². The first kappa shape index (κ1) is 17.1. The summed E-state index contributed by atoms with van der Waals surface area (Å²) in [5, 5.41) is 0. The van der Waals surface area contributed by atoms with E-state index in [0.29, 0.717) is 6.17 Å². The van der Waals surface area contributed by atoms with Crippen molar-refractivity contribution < 1.29 is 0 Å². The number of nitrogens with zero attached hydrogens (tertiary/aromatic N) is 3. The van der Waals surface area contributed by atoms with E-state index in [9.17, 15) is 0 Å². The molecule has 1 N–H and O–H groups in total. The molecule has 0 radical (unpaired) electrons. The van der Waals surface area contributed by atoms with E-state index in [0.717, 1.165) is 32.7 Å². The van der Waals surface area contributed by atoms with Crippen LogP contribution in [-0.2, 0) is 0 Å². The summed E-state index contributed by atoms with van der Waals surface area (Å²) < 4.78 is 2.31. The molecule has 0 aliphatic heterocycles. The molecule has 17 heavy (non-hydrogen) atoms. The summed E-state index contributed by atoms with van der Waals surface area (Å²) in [5.41, 5.74) is 0. The number of likely N-dealkylation sites (N-methyl/N-ethyl adjacent to an activating group) is 2. The Morgan fingerprint density at radius 2 is 1.29 bits per heavy atom. The quantitative estimate of drug-likeness (QED) is 0.446. The van der Waals surface area contributed by atoms with Crippen molar-refractivity contribution in [2.24, 2.45) is 0 Å². The van der Waals surface area contributed by atoms with Crippen molar-refractivity contribution in [2.45, 2.75) is 33.9 Å². The predicted octanol–water partition coefficient (Wildman–Crippen LogP) is 0.146. The lowest BCUT2D eigenvalue weighted by atomic mass is 10.3. The average Bonchev–Trinajstić information content (AvgIpc) is 2.31. The Morgan fingerprint density at radius 3 is 1.59 bits per heavy atom. The van der Waals surface area contributed by atoms with E-state index >= 15 is 0 Å². The SMILES string of the molecule is CCN(CC)C(CN[SiH2]N(C)C)N(CC)CC. The monoisotopic (exact) mass is 260 g/mol. The normalized spacial score (nSPS) is 13.1. The summed E-state index contributed by atoms with van der Waals surface area (Å²) >= 11 is 0. The summed E-state index contributed by atoms with van der Waals surface area (Å²) in [6, 6.07) is 0. The van der Waals surface area contributed by atoms with Crippen LogP contribution in [0.2, 0.25) is 0 Å². The van der Waals surface area contributed by atoms with Gasteiger partial charge in [-0.2, -0.15) is 0 Å². The first-order chi connectivity index (χ1) is 8.10. The lowest BCUT2D eigenvalue weighted by Crippen LogP contribution is -2.54. The van der Waals surface area contributed by atoms with Crippen molar-refractivity contribution in [3.63, 3.8) is 0 Å². The zero-order valence-electron chi connectivity index (χ0n) is 12.7. The largest absolute Gasteiger partial charge is 0.328 e. The second-order valence-electron chi connectivity index (χ2n) is 4.61. The molecule has 4 nitrogen and oxygen atoms in total. The standard InChI is InChI=1S/C12H32N4Si/c1-7-15(8-2)12(16(9-3)10-4)11-13-17-14(5)6/h12-13H,7-11,17H2,1-6H3. The van der Waals surface area contributed by atoms with Crippen LogP contribution in [0.15, 0.2) is 0 Å². The molecule has 0 spiro atoms. The molecular weight excluding hydrogens is 228 g/mol. The van der Waals surface area contributed by atoms with Crippen LogP contribution in [0.1, 0.15) is 27.7 Å². The molecule has 0 unspecified atom stereocenters. The molecule has 0 aliphatic carbocycles. The van der Waals surface area contributed by atoms with Crippen LogP contribution in [0.4, 0.5) is 0 Å². The Hall–Kier alpha value is 0.0569. The second kappa shape index (κ2) is 10.0. The molecule has 0 bridgehead atoms. The maximum atomic E-state index is 3.66. The van der Waals surface area contributed by atoms with Crippen LogP contribution in [0.5, 0.6) is 0 Å². The maximum Gasteiger partial charge on any atom is 0.169 e. The third-order valence-electron chi connectivity index (χ3n) is 3.22. The van der Waals surface area contributed by atoms with Crippen LogP contribution in [0.3, 0.4) is 0 Å². The van der Waals surface area contributed by atoms with E-state index in [1.165, 1.54) is 0 Å². The highest BCUT2D eigenvalue weighted by Gasteiger charge is 2.20. The van der Waals surface area contributed by atoms with Gasteiger partial charge >= 0.3 is 0 Å². The smallest absolute Gasteiger partial charge is 0.169 e. The Bertz CT molecular complexity index is 158. The summed E-state index contributed by atoms with van der Waals surface area (Å²) in [5.74, 6) is 0. The number of hydrogen-bond acceptors (Lipinski definition) is 4. The molecule has 0 saturated heterocycles. The zero-order valence-corrected chi connectivity index (χ0v) is 14.1. The molecular formula is C12H32N4Si. The minimum absolute atomic E-state index is 0.261. The first-order valence-corrected chi connectivity index (χ1v) is 8.28. The fraction of sp³-hybridized carbons (Fsp3) is 1.00. The molecule has 0 fully saturated rings. The second-order valence-corrected chi connectivity index (χ2v) is 6.70. The highest BCUT2D eigenvalue weighted by atomic mass is 28.2. The van der Waals surface area contributed by atoms with Gasteiger partial charge in [-0.1, -0.05) is 27.7 Å². The molecule has 0 aliphatic rings. The van der Waals surface area contributed by atoms with E-state index < -0.39 is 0 Å². The molecule has 0 saturated carbocycles. The van der Waals surface area contributed by atoms with Gasteiger partial charge in [0.05, 0.1) is 6.17 Å². The van der Waals surface area contributed by atoms with Gasteiger partial charge in [-0.15, -0.1) is 0 Å². The van der Waals surface area contributed by atoms with Gasteiger partial charge in [0.1, 0.15) is 0 Å². The maximum absolute atomic E-state index is 3.66. The lowest BCUT2D eigenvalue weighted by Gasteiger charge is -2.38. The number of rotatable bonds is 10. The minimum atomic E-state index is -0.261. The summed E-state index contributed by atoms with van der Waals surface area (Å²) in [6.45, 7) is 14.6. The molecule has 0 rings (SSSR count). The van der Waals surface area contributed by atoms with E-state index in [1.54, 1.807) is 0 Å². The van der Waals surface area contributed by atoms with Crippen molar-refractivity contribution in [3.8, 4) is 0 Å². The number of nitrogens with one attached hydrogen (secondary N) is 1. The molecule has 0 aromatic heterocycles. The highest BCUT2D eigenvalue weighted by Crippen LogP contribution is 2.05. The third-order valence-corrected chi connectivity index (χ3v) is 4.37. The summed E-state index contributed by atoms with van der Waals surface area (Å²) in [4.78, 5) is 8.76. The first-order valence-electron chi connectivity index (χ1n) is 6.94. The summed E-state index contributed by atoms with van der Waals surface area (Å²) in [7, 11) is 4.05. The van der Waals surface area contributed by atoms with Crippen molar-refractivity contribution in [2.75, 3.05) is 46.8 Å². The fourth-order valence-electron chi connectivity index (χ4n) is 2.20. The average molecular weight is 261 g/mol. The highest BCUT2D eigenvalue weighted by molar-refractivity contribution is 6.28. The molecule has 104 valence electrons. The summed E-state index contributed by atoms with van der Waals surface area (Å²) in [6.07, 6.45) is 0.549. The van der Waals surface area contributed by atoms with E-state index in [4.69, 9.17) is 0 Å². The Balaban J connectivity index is 4.37. The van der Waals surface area contributed by atoms with Gasteiger partial charge in [0.15, 0.2) is 9.84 Å². The van der Waals surface area contributed by atoms with Crippen LogP contribution in [-0.4, -0.2) is 77.2 Å². The van der Waals surface area contributed by atoms with Crippen LogP contribution < -0.4 is 4.98 Å². The van der Waals surface area contributed by atoms with Crippen molar-refractivity contribution in [3.05, 3.63) is 0 Å². The van der Waals surface area contributed by atoms with E-state index in [-0.39, 0.29) is 9.84 Å². The van der Waals surface area contributed by atoms with Gasteiger partial charge < -0.3 is 9.55 Å². The van der Waals surface area contributed by atoms with Crippen molar-refractivity contribution >= 4 is 9.84 Å². The van der Waals surface area contributed by atoms with Gasteiger partial charge in [0.2, 0.25) is 0 Å². The van der Waals surface area contributed by atoms with Gasteiger partial charge in [0, 0.05) is 6.54 Å². The van der Waals surface area contributed by atoms with Gasteiger partial charge in [0.25, 0.3) is 0 Å². The van der Waals surface area contributed by atoms with Crippen LogP contribution in [0.25, 0.3) is 0 Å². The van der Waals surface area contributed by atoms with E-state index in [1.807, 2.05) is 0 Å². The third kappa shape index (κ3) is 6.52. The Morgan fingerprint density at radius 1 is 0.882 bits per heavy atom. The Kier molecular flexibility index (Phi) is 10.1. The molecule has 0 aromatic carbocycles. The topological polar surface area (TPSA) is 21.8 Å². The minimum Gasteiger partial charge on any atom is -0.328 e. The lowest BCUT2D eigenvalue weighted by molar-refractivity contribution is 0.0602. The van der Waals surface area contributed by atoms with Crippen molar-refractivity contribution in [1.29, 1.82) is 0 Å². The van der Waals surface area contributed by atoms with E-state index in [2.05, 4.69) is 61.1 Å².